The molecular formula is C5H10ArOS. The third-order valence-electron chi connectivity index (χ3n) is 1.19. The van der Waals surface area contributed by atoms with Gasteiger partial charge in [-0.3, -0.25) is 0 Å². The van der Waals surface area contributed by atoms with Crippen molar-refractivity contribution in [3.8, 4) is 0 Å². The van der Waals surface area contributed by atoms with Crippen LogP contribution in [0.5, 0.6) is 0 Å². The molecule has 0 N–H and O–H groups in total. The number of hydrogen-bond donors (Lipinski definition) is 1. The summed E-state index contributed by atoms with van der Waals surface area (Å²) in [6, 6.07) is 0. The molecule has 3 heteroatoms. The van der Waals surface area contributed by atoms with Crippen molar-refractivity contribution >= 4 is 12.6 Å². The second kappa shape index (κ2) is 5.36. The van der Waals surface area contributed by atoms with Gasteiger partial charge in [0, 0.05) is 56.2 Å². The molecule has 0 radical (unpaired) electrons. The largest absolute Gasteiger partial charge is 0.381 e. The van der Waals surface area contributed by atoms with Crippen LogP contribution in [0.25, 0.3) is 0 Å². The van der Waals surface area contributed by atoms with Crippen LogP contribution in [0.3, 0.4) is 0 Å². The molecule has 0 bridgehead atoms. The van der Waals surface area contributed by atoms with Gasteiger partial charge in [0.15, 0.2) is 0 Å². The Morgan fingerprint density at radius 3 is 2.00 bits per heavy atom. The first-order valence-electron chi connectivity index (χ1n) is 2.65. The summed E-state index contributed by atoms with van der Waals surface area (Å²) >= 11 is 4.28. The van der Waals surface area contributed by atoms with Crippen molar-refractivity contribution in [3.63, 3.8) is 0 Å². The monoisotopic (exact) mass is 158 g/mol. The van der Waals surface area contributed by atoms with Crippen molar-refractivity contribution in [3.05, 3.63) is 0 Å². The van der Waals surface area contributed by atoms with Gasteiger partial charge in [0.2, 0.25) is 0 Å². The van der Waals surface area contributed by atoms with Crippen molar-refractivity contribution in [2.24, 2.45) is 0 Å². The average molecular weight is 158 g/mol. The summed E-state index contributed by atoms with van der Waals surface area (Å²) in [4.78, 5) is 0. The first-order chi connectivity index (χ1) is 3.39. The molecule has 1 heterocycles. The van der Waals surface area contributed by atoms with Crippen LogP contribution in [0.15, 0.2) is 0 Å². The molecule has 1 aliphatic heterocycles. The van der Waals surface area contributed by atoms with E-state index in [9.17, 15) is 0 Å². The van der Waals surface area contributed by atoms with Gasteiger partial charge in [-0.2, -0.15) is 12.6 Å². The van der Waals surface area contributed by atoms with Gasteiger partial charge >= 0.3 is 0 Å². The molecular weight excluding hydrogens is 148 g/mol. The van der Waals surface area contributed by atoms with E-state index in [-0.39, 0.29) is 37.7 Å². The summed E-state index contributed by atoms with van der Waals surface area (Å²) < 4.78 is 5.09. The van der Waals surface area contributed by atoms with E-state index in [0.29, 0.717) is 5.25 Å². The van der Waals surface area contributed by atoms with Crippen molar-refractivity contribution in [1.82, 2.24) is 0 Å². The van der Waals surface area contributed by atoms with Gasteiger partial charge in [0.1, 0.15) is 0 Å². The van der Waals surface area contributed by atoms with Crippen molar-refractivity contribution in [1.29, 1.82) is 0 Å². The molecule has 1 rings (SSSR count). The van der Waals surface area contributed by atoms with E-state index in [4.69, 9.17) is 4.74 Å². The Hall–Kier alpha value is 1.57. The maximum atomic E-state index is 5.09. The van der Waals surface area contributed by atoms with Crippen LogP contribution in [0.1, 0.15) is 12.8 Å². The van der Waals surface area contributed by atoms with Crippen LogP contribution in [0.2, 0.25) is 0 Å². The van der Waals surface area contributed by atoms with Gasteiger partial charge in [-0.25, -0.2) is 0 Å². The molecule has 0 aromatic carbocycles. The topological polar surface area (TPSA) is 9.23 Å². The van der Waals surface area contributed by atoms with E-state index in [2.05, 4.69) is 12.6 Å². The Kier molecular flexibility index (Phi) is 6.41. The van der Waals surface area contributed by atoms with Gasteiger partial charge in [0.25, 0.3) is 0 Å². The van der Waals surface area contributed by atoms with Crippen molar-refractivity contribution in [2.45, 2.75) is 18.1 Å². The molecule has 0 unspecified atom stereocenters. The molecule has 0 amide bonds. The molecule has 1 fully saturated rings. The standard InChI is InChI=1S/C5H10OS.Ar/c7-5-1-3-6-4-2-5;/h5,7H,1-4H2;. The molecule has 0 aliphatic carbocycles. The quantitative estimate of drug-likeness (QED) is 0.519. The molecule has 8 heavy (non-hydrogen) atoms. The molecule has 0 aromatic rings. The van der Waals surface area contributed by atoms with Gasteiger partial charge in [-0.1, -0.05) is 0 Å². The molecule has 0 spiro atoms. The maximum Gasteiger partial charge on any atom is 0.0476 e. The fourth-order valence-corrected chi connectivity index (χ4v) is 0.896. The summed E-state index contributed by atoms with van der Waals surface area (Å²) in [7, 11) is 0. The normalized spacial score (nSPS) is 22.1. The van der Waals surface area contributed by atoms with Crippen LogP contribution < -0.4 is 0 Å². The minimum absolute atomic E-state index is 0. The van der Waals surface area contributed by atoms with Crippen LogP contribution in [-0.2, 0) is 4.74 Å². The smallest absolute Gasteiger partial charge is 0.0476 e. The van der Waals surface area contributed by atoms with Crippen LogP contribution in [0, 0.1) is 37.7 Å². The van der Waals surface area contributed by atoms with E-state index >= 15 is 0 Å². The Morgan fingerprint density at radius 2 is 1.75 bits per heavy atom. The summed E-state index contributed by atoms with van der Waals surface area (Å²) in [5.41, 5.74) is 0. The SMILES string of the molecule is SC1CCOCC1.[Ar]. The molecule has 0 atom stereocenters. The average Bonchev–Trinajstić information content (AvgIpc) is 1.69. The van der Waals surface area contributed by atoms with Gasteiger partial charge in [-0.05, 0) is 12.8 Å². The van der Waals surface area contributed by atoms with E-state index in [0.717, 1.165) is 26.1 Å². The predicted octanol–water partition coefficient (Wildman–Crippen LogP) is 1.10. The number of ether oxygens (including phenoxy) is 1. The fraction of sp³-hybridized carbons (Fsp3) is 1.00. The van der Waals surface area contributed by atoms with Gasteiger partial charge < -0.3 is 4.74 Å². The molecule has 50 valence electrons. The van der Waals surface area contributed by atoms with Gasteiger partial charge in [0.05, 0.1) is 0 Å². The Morgan fingerprint density at radius 1 is 1.25 bits per heavy atom. The second-order valence-corrected chi connectivity index (χ2v) is 2.57. The van der Waals surface area contributed by atoms with E-state index in [1.54, 1.807) is 0 Å². The van der Waals surface area contributed by atoms with Gasteiger partial charge in [-0.15, -0.1) is 0 Å². The maximum absolute atomic E-state index is 5.09. The third-order valence-corrected chi connectivity index (χ3v) is 1.71. The number of rotatable bonds is 0. The molecule has 0 saturated carbocycles. The minimum atomic E-state index is 0. The predicted molar refractivity (Wildman–Crippen MR) is 32.8 cm³/mol. The molecule has 0 aromatic heterocycles. The first kappa shape index (κ1) is 9.57. The fourth-order valence-electron chi connectivity index (χ4n) is 0.685. The van der Waals surface area contributed by atoms with E-state index in [1.807, 2.05) is 0 Å². The van der Waals surface area contributed by atoms with Crippen molar-refractivity contribution in [2.75, 3.05) is 13.2 Å². The van der Waals surface area contributed by atoms with Crippen LogP contribution in [-0.4, -0.2) is 18.5 Å². The number of thiol groups is 1. The second-order valence-electron chi connectivity index (χ2n) is 1.84. The van der Waals surface area contributed by atoms with E-state index < -0.39 is 0 Å². The summed E-state index contributed by atoms with van der Waals surface area (Å²) in [6.45, 7) is 1.82. The zero-order valence-electron chi connectivity index (χ0n) is 4.61. The Bertz CT molecular complexity index is 54.4. The van der Waals surface area contributed by atoms with Crippen LogP contribution in [0.4, 0.5) is 0 Å². The number of hydrogen-bond acceptors (Lipinski definition) is 2. The van der Waals surface area contributed by atoms with Crippen molar-refractivity contribution < 1.29 is 42.5 Å². The zero-order valence-corrected chi connectivity index (χ0v) is 6.22. The summed E-state index contributed by atoms with van der Waals surface area (Å²) in [5.74, 6) is 0. The Balaban J connectivity index is 0.000000490. The summed E-state index contributed by atoms with van der Waals surface area (Å²) in [5, 5.41) is 0.605. The molecule has 1 nitrogen and oxygen atoms in total. The first-order valence-corrected chi connectivity index (χ1v) is 3.17. The molecule has 1 saturated heterocycles. The zero-order chi connectivity index (χ0) is 5.11. The third kappa shape index (κ3) is 3.57. The van der Waals surface area contributed by atoms with E-state index in [1.165, 1.54) is 0 Å². The van der Waals surface area contributed by atoms with Crippen LogP contribution >= 0.6 is 12.6 Å². The Labute approximate surface area is 85.6 Å². The minimum Gasteiger partial charge on any atom is -0.381 e. The summed E-state index contributed by atoms with van der Waals surface area (Å²) in [6.07, 6.45) is 2.26. The molecule has 1 aliphatic rings.